The van der Waals surface area contributed by atoms with Crippen LogP contribution in [0.15, 0.2) is 35.2 Å². The fourth-order valence-corrected chi connectivity index (χ4v) is 5.06. The molecule has 2 saturated heterocycles. The van der Waals surface area contributed by atoms with Gasteiger partial charge in [-0.25, -0.2) is 12.7 Å². The Morgan fingerprint density at radius 2 is 2.00 bits per heavy atom. The highest BCUT2D eigenvalue weighted by atomic mass is 32.2. The van der Waals surface area contributed by atoms with Gasteiger partial charge in [-0.15, -0.1) is 0 Å². The third-order valence-electron chi connectivity index (χ3n) is 4.83. The molecular weight excluding hydrogens is 414 g/mol. The van der Waals surface area contributed by atoms with E-state index >= 15 is 0 Å². The van der Waals surface area contributed by atoms with E-state index in [9.17, 15) is 22.8 Å². The molecule has 1 aromatic rings. The number of hydrogen-bond donors (Lipinski definition) is 1. The summed E-state index contributed by atoms with van der Waals surface area (Å²) in [5.41, 5.74) is 0.832. The second-order valence-electron chi connectivity index (χ2n) is 7.00. The molecular formula is C19H23N3O5S2. The average Bonchev–Trinajstić information content (AvgIpc) is 2.95. The van der Waals surface area contributed by atoms with E-state index in [-0.39, 0.29) is 36.7 Å². The van der Waals surface area contributed by atoms with Gasteiger partial charge < -0.3 is 5.32 Å². The molecule has 2 fully saturated rings. The summed E-state index contributed by atoms with van der Waals surface area (Å²) in [4.78, 5) is 38.5. The Bertz CT molecular complexity index is 930. The number of hydrogen-bond acceptors (Lipinski definition) is 6. The number of carbonyl (C=O) groups is 3. The number of nitrogens with one attached hydrogen (secondary N) is 1. The van der Waals surface area contributed by atoms with Crippen LogP contribution in [0.25, 0.3) is 6.08 Å². The number of piperidine rings is 1. The molecule has 2 aliphatic rings. The number of sulfonamides is 1. The maximum Gasteiger partial charge on any atom is 0.293 e. The Kier molecular flexibility index (Phi) is 6.76. The first-order valence-electron chi connectivity index (χ1n) is 9.29. The third kappa shape index (κ3) is 5.46. The van der Waals surface area contributed by atoms with Gasteiger partial charge in [-0.3, -0.25) is 19.3 Å². The van der Waals surface area contributed by atoms with Crippen LogP contribution in [-0.2, 0) is 19.6 Å². The van der Waals surface area contributed by atoms with Gasteiger partial charge >= 0.3 is 0 Å². The van der Waals surface area contributed by atoms with Crippen molar-refractivity contribution in [3.05, 3.63) is 40.8 Å². The number of benzene rings is 1. The molecule has 0 saturated carbocycles. The van der Waals surface area contributed by atoms with E-state index in [4.69, 9.17) is 0 Å². The molecule has 3 amide bonds. The van der Waals surface area contributed by atoms with Crippen molar-refractivity contribution in [2.24, 2.45) is 5.92 Å². The Morgan fingerprint density at radius 1 is 1.28 bits per heavy atom. The van der Waals surface area contributed by atoms with Gasteiger partial charge in [0, 0.05) is 26.2 Å². The summed E-state index contributed by atoms with van der Waals surface area (Å²) in [7, 11) is -3.33. The molecule has 2 heterocycles. The van der Waals surface area contributed by atoms with Gasteiger partial charge in [0.25, 0.3) is 11.1 Å². The minimum Gasteiger partial charge on any atom is -0.354 e. The van der Waals surface area contributed by atoms with E-state index in [1.807, 2.05) is 30.3 Å². The monoisotopic (exact) mass is 437 g/mol. The Labute approximate surface area is 174 Å². The average molecular weight is 438 g/mol. The molecule has 0 aromatic heterocycles. The largest absolute Gasteiger partial charge is 0.354 e. The Morgan fingerprint density at radius 3 is 2.69 bits per heavy atom. The third-order valence-corrected chi connectivity index (χ3v) is 7.01. The molecule has 1 unspecified atom stereocenters. The molecule has 0 bridgehead atoms. The van der Waals surface area contributed by atoms with Crippen LogP contribution >= 0.6 is 11.8 Å². The number of carbonyl (C=O) groups excluding carboxylic acids is 3. The standard InChI is InChI=1S/C19H23N3O5S2/c1-29(26,27)21-10-5-8-15(13-21)17(23)20-9-11-22-18(24)16(28-19(22)25)12-14-6-3-2-4-7-14/h2-4,6-7,12,15H,5,8-11,13H2,1H3,(H,20,23)/b16-12+. The maximum atomic E-state index is 12.5. The summed E-state index contributed by atoms with van der Waals surface area (Å²) in [6.45, 7) is 0.787. The Balaban J connectivity index is 1.52. The van der Waals surface area contributed by atoms with Crippen molar-refractivity contribution in [1.29, 1.82) is 0 Å². The van der Waals surface area contributed by atoms with Crippen LogP contribution in [0.1, 0.15) is 18.4 Å². The predicted octanol–water partition coefficient (Wildman–Crippen LogP) is 1.51. The van der Waals surface area contributed by atoms with Gasteiger partial charge in [0.05, 0.1) is 17.1 Å². The van der Waals surface area contributed by atoms with Crippen molar-refractivity contribution in [2.75, 3.05) is 32.4 Å². The second kappa shape index (κ2) is 9.10. The van der Waals surface area contributed by atoms with Gasteiger partial charge in [0.15, 0.2) is 0 Å². The lowest BCUT2D eigenvalue weighted by atomic mass is 9.99. The molecule has 29 heavy (non-hydrogen) atoms. The summed E-state index contributed by atoms with van der Waals surface area (Å²) in [6, 6.07) is 9.26. The zero-order valence-electron chi connectivity index (χ0n) is 16.0. The van der Waals surface area contributed by atoms with E-state index in [1.54, 1.807) is 6.08 Å². The first-order valence-corrected chi connectivity index (χ1v) is 12.0. The van der Waals surface area contributed by atoms with Gasteiger partial charge in [-0.2, -0.15) is 0 Å². The fourth-order valence-electron chi connectivity index (χ4n) is 3.29. The van der Waals surface area contributed by atoms with E-state index in [0.29, 0.717) is 24.3 Å². The highest BCUT2D eigenvalue weighted by molar-refractivity contribution is 8.18. The predicted molar refractivity (Wildman–Crippen MR) is 111 cm³/mol. The molecule has 0 spiro atoms. The number of nitrogens with zero attached hydrogens (tertiary/aromatic N) is 2. The van der Waals surface area contributed by atoms with Gasteiger partial charge in [0.2, 0.25) is 15.9 Å². The topological polar surface area (TPSA) is 104 Å². The zero-order valence-corrected chi connectivity index (χ0v) is 17.7. The highest BCUT2D eigenvalue weighted by Crippen LogP contribution is 2.31. The van der Waals surface area contributed by atoms with E-state index < -0.39 is 15.9 Å². The molecule has 1 atom stereocenters. The highest BCUT2D eigenvalue weighted by Gasteiger charge is 2.35. The first-order chi connectivity index (χ1) is 13.8. The molecule has 2 aliphatic heterocycles. The van der Waals surface area contributed by atoms with Crippen molar-refractivity contribution in [3.63, 3.8) is 0 Å². The number of imide groups is 1. The van der Waals surface area contributed by atoms with Crippen molar-refractivity contribution in [2.45, 2.75) is 12.8 Å². The molecule has 0 aliphatic carbocycles. The zero-order chi connectivity index (χ0) is 21.0. The van der Waals surface area contributed by atoms with E-state index in [2.05, 4.69) is 5.32 Å². The smallest absolute Gasteiger partial charge is 0.293 e. The molecule has 8 nitrogen and oxygen atoms in total. The lowest BCUT2D eigenvalue weighted by Crippen LogP contribution is -2.46. The minimum atomic E-state index is -3.33. The number of rotatable bonds is 6. The number of thioether (sulfide) groups is 1. The van der Waals surface area contributed by atoms with Crippen LogP contribution in [-0.4, -0.2) is 67.1 Å². The summed E-state index contributed by atoms with van der Waals surface area (Å²) in [6.07, 6.45) is 4.04. The first kappa shape index (κ1) is 21.5. The molecule has 10 heteroatoms. The van der Waals surface area contributed by atoms with Crippen molar-refractivity contribution >= 4 is 44.9 Å². The van der Waals surface area contributed by atoms with Crippen LogP contribution in [0.2, 0.25) is 0 Å². The van der Waals surface area contributed by atoms with E-state index in [1.165, 1.54) is 4.31 Å². The Hall–Kier alpha value is -2.17. The molecule has 0 radical (unpaired) electrons. The van der Waals surface area contributed by atoms with Crippen LogP contribution in [0.4, 0.5) is 4.79 Å². The molecule has 1 N–H and O–H groups in total. The molecule has 156 valence electrons. The van der Waals surface area contributed by atoms with Gasteiger partial charge in [0.1, 0.15) is 0 Å². The summed E-state index contributed by atoms with van der Waals surface area (Å²) in [5, 5.41) is 2.35. The van der Waals surface area contributed by atoms with Crippen molar-refractivity contribution < 1.29 is 22.8 Å². The number of amides is 3. The molecule has 1 aromatic carbocycles. The van der Waals surface area contributed by atoms with Crippen LogP contribution in [0.5, 0.6) is 0 Å². The maximum absolute atomic E-state index is 12.5. The van der Waals surface area contributed by atoms with Gasteiger partial charge in [-0.05, 0) is 36.2 Å². The quantitative estimate of drug-likeness (QED) is 0.677. The summed E-state index contributed by atoms with van der Waals surface area (Å²) >= 11 is 0.879. The van der Waals surface area contributed by atoms with Crippen molar-refractivity contribution in [1.82, 2.24) is 14.5 Å². The summed E-state index contributed by atoms with van der Waals surface area (Å²) < 4.78 is 24.7. The minimum absolute atomic E-state index is 0.0745. The van der Waals surface area contributed by atoms with Crippen LogP contribution in [0.3, 0.4) is 0 Å². The van der Waals surface area contributed by atoms with Crippen LogP contribution < -0.4 is 5.32 Å². The SMILES string of the molecule is CS(=O)(=O)N1CCCC(C(=O)NCCN2C(=O)S/C(=C/c3ccccc3)C2=O)C1. The van der Waals surface area contributed by atoms with Crippen LogP contribution in [0, 0.1) is 5.92 Å². The lowest BCUT2D eigenvalue weighted by Gasteiger charge is -2.30. The normalized spacial score (nSPS) is 22.3. The lowest BCUT2D eigenvalue weighted by molar-refractivity contribution is -0.127. The summed E-state index contributed by atoms with van der Waals surface area (Å²) in [5.74, 6) is -1.06. The van der Waals surface area contributed by atoms with Gasteiger partial charge in [-0.1, -0.05) is 30.3 Å². The molecule has 3 rings (SSSR count). The van der Waals surface area contributed by atoms with E-state index in [0.717, 1.165) is 28.5 Å². The van der Waals surface area contributed by atoms with Crippen molar-refractivity contribution in [3.8, 4) is 0 Å². The fraction of sp³-hybridized carbons (Fsp3) is 0.421. The second-order valence-corrected chi connectivity index (χ2v) is 9.97.